The summed E-state index contributed by atoms with van der Waals surface area (Å²) in [7, 11) is 3.17. The normalized spacial score (nSPS) is 17.0. The number of nitrogens with zero attached hydrogens (tertiary/aromatic N) is 2. The van der Waals surface area contributed by atoms with Gasteiger partial charge in [-0.05, 0) is 26.8 Å². The quantitative estimate of drug-likeness (QED) is 0.847. The first-order chi connectivity index (χ1) is 8.40. The van der Waals surface area contributed by atoms with Gasteiger partial charge < -0.3 is 9.47 Å². The van der Waals surface area contributed by atoms with Crippen LogP contribution < -0.4 is 20.0 Å². The lowest BCUT2D eigenvalue weighted by Crippen LogP contribution is -2.49. The van der Waals surface area contributed by atoms with E-state index in [-0.39, 0.29) is 0 Å². The van der Waals surface area contributed by atoms with Gasteiger partial charge in [0.1, 0.15) is 0 Å². The van der Waals surface area contributed by atoms with Gasteiger partial charge in [0.25, 0.3) is 0 Å². The largest absolute Gasteiger partial charge is 0.493 e. The first-order valence-electron chi connectivity index (χ1n) is 5.72. The van der Waals surface area contributed by atoms with Crippen molar-refractivity contribution in [1.29, 1.82) is 0 Å². The lowest BCUT2D eigenvalue weighted by molar-refractivity contribution is -0.107. The van der Waals surface area contributed by atoms with E-state index in [0.717, 1.165) is 16.3 Å². The molecule has 5 heteroatoms. The SMILES string of the molecule is COc1cc2c(cc1OC)=C(C)N(O)C(C)(C)N=2. The molecule has 2 rings (SSSR count). The lowest BCUT2D eigenvalue weighted by atomic mass is 10.1. The number of benzene rings is 1. The highest BCUT2D eigenvalue weighted by atomic mass is 16.5. The van der Waals surface area contributed by atoms with Crippen molar-refractivity contribution in [1.82, 2.24) is 5.06 Å². The molecule has 1 aromatic rings. The predicted octanol–water partition coefficient (Wildman–Crippen LogP) is 0.892. The van der Waals surface area contributed by atoms with Crippen molar-refractivity contribution in [2.75, 3.05) is 14.2 Å². The van der Waals surface area contributed by atoms with E-state index in [1.165, 1.54) is 5.06 Å². The topological polar surface area (TPSA) is 54.3 Å². The van der Waals surface area contributed by atoms with Crippen LogP contribution in [0.5, 0.6) is 11.5 Å². The number of hydrogen-bond donors (Lipinski definition) is 1. The summed E-state index contributed by atoms with van der Waals surface area (Å²) < 4.78 is 10.5. The monoisotopic (exact) mass is 250 g/mol. The molecule has 0 fully saturated rings. The fraction of sp³-hybridized carbons (Fsp3) is 0.462. The molecule has 0 spiro atoms. The smallest absolute Gasteiger partial charge is 0.162 e. The zero-order chi connectivity index (χ0) is 13.5. The second-order valence-corrected chi connectivity index (χ2v) is 4.73. The van der Waals surface area contributed by atoms with Gasteiger partial charge in [0.15, 0.2) is 17.2 Å². The fourth-order valence-corrected chi connectivity index (χ4v) is 2.12. The molecule has 0 radical (unpaired) electrons. The van der Waals surface area contributed by atoms with Crippen LogP contribution in [0.25, 0.3) is 5.70 Å². The van der Waals surface area contributed by atoms with Crippen molar-refractivity contribution in [3.8, 4) is 11.5 Å². The molecular weight excluding hydrogens is 232 g/mol. The molecule has 1 N–H and O–H groups in total. The highest BCUT2D eigenvalue weighted by molar-refractivity contribution is 5.48. The summed E-state index contributed by atoms with van der Waals surface area (Å²) in [5.41, 5.74) is 0.0578. The number of hydroxylamine groups is 2. The maximum atomic E-state index is 10.1. The molecule has 0 bridgehead atoms. The number of methoxy groups -OCH3 is 2. The fourth-order valence-electron chi connectivity index (χ4n) is 2.12. The minimum atomic E-state index is -0.684. The van der Waals surface area contributed by atoms with E-state index in [1.54, 1.807) is 14.2 Å². The van der Waals surface area contributed by atoms with E-state index in [0.29, 0.717) is 11.5 Å². The molecular formula is C13H18N2O3. The van der Waals surface area contributed by atoms with E-state index >= 15 is 0 Å². The van der Waals surface area contributed by atoms with Crippen molar-refractivity contribution in [2.24, 2.45) is 4.99 Å². The Bertz CT molecular complexity index is 593. The standard InChI is InChI=1S/C13H18N2O3/c1-8-9-6-11(17-4)12(18-5)7-10(9)14-13(2,3)15(8)16/h6-7,16H,1-5H3. The van der Waals surface area contributed by atoms with Gasteiger partial charge in [0.05, 0.1) is 25.3 Å². The molecule has 1 heterocycles. The summed E-state index contributed by atoms with van der Waals surface area (Å²) in [6.45, 7) is 5.54. The molecule has 5 nitrogen and oxygen atoms in total. The number of rotatable bonds is 2. The average Bonchev–Trinajstić information content (AvgIpc) is 2.34. The Morgan fingerprint density at radius 3 is 2.28 bits per heavy atom. The van der Waals surface area contributed by atoms with Crippen LogP contribution in [0.2, 0.25) is 0 Å². The first-order valence-corrected chi connectivity index (χ1v) is 5.72. The molecule has 1 aliphatic heterocycles. The molecule has 1 aromatic carbocycles. The van der Waals surface area contributed by atoms with Crippen molar-refractivity contribution < 1.29 is 14.7 Å². The van der Waals surface area contributed by atoms with E-state index in [9.17, 15) is 5.21 Å². The number of hydrogen-bond acceptors (Lipinski definition) is 5. The third-order valence-corrected chi connectivity index (χ3v) is 3.12. The molecule has 0 unspecified atom stereocenters. The summed E-state index contributed by atoms with van der Waals surface area (Å²) >= 11 is 0. The van der Waals surface area contributed by atoms with Crippen LogP contribution in [0.1, 0.15) is 20.8 Å². The lowest BCUT2D eigenvalue weighted by Gasteiger charge is -2.34. The minimum Gasteiger partial charge on any atom is -0.493 e. The summed E-state index contributed by atoms with van der Waals surface area (Å²) in [5, 5.41) is 12.9. The Labute approximate surface area is 106 Å². The molecule has 0 atom stereocenters. The second-order valence-electron chi connectivity index (χ2n) is 4.73. The molecule has 18 heavy (non-hydrogen) atoms. The van der Waals surface area contributed by atoms with Gasteiger partial charge in [-0.1, -0.05) is 0 Å². The zero-order valence-corrected chi connectivity index (χ0v) is 11.3. The van der Waals surface area contributed by atoms with Gasteiger partial charge in [0, 0.05) is 11.3 Å². The third kappa shape index (κ3) is 1.80. The summed E-state index contributed by atoms with van der Waals surface area (Å²) in [5.74, 6) is 1.26. The van der Waals surface area contributed by atoms with Crippen LogP contribution in [0.3, 0.4) is 0 Å². The van der Waals surface area contributed by atoms with E-state index < -0.39 is 5.66 Å². The molecule has 0 aliphatic carbocycles. The van der Waals surface area contributed by atoms with Gasteiger partial charge in [-0.2, -0.15) is 0 Å². The molecule has 1 aliphatic rings. The molecule has 0 amide bonds. The van der Waals surface area contributed by atoms with Crippen LogP contribution in [0.4, 0.5) is 0 Å². The van der Waals surface area contributed by atoms with Crippen LogP contribution in [0, 0.1) is 0 Å². The van der Waals surface area contributed by atoms with Crippen LogP contribution >= 0.6 is 0 Å². The second kappa shape index (κ2) is 4.17. The molecule has 98 valence electrons. The van der Waals surface area contributed by atoms with Crippen molar-refractivity contribution in [3.05, 3.63) is 22.7 Å². The van der Waals surface area contributed by atoms with Gasteiger partial charge >= 0.3 is 0 Å². The van der Waals surface area contributed by atoms with Gasteiger partial charge in [-0.15, -0.1) is 0 Å². The van der Waals surface area contributed by atoms with Crippen LogP contribution in [-0.4, -0.2) is 30.2 Å². The average molecular weight is 250 g/mol. The molecule has 0 saturated carbocycles. The Hall–Kier alpha value is -1.75. The Morgan fingerprint density at radius 1 is 1.17 bits per heavy atom. The highest BCUT2D eigenvalue weighted by Gasteiger charge is 2.28. The number of ether oxygens (including phenoxy) is 2. The summed E-state index contributed by atoms with van der Waals surface area (Å²) in [6.07, 6.45) is 0. The third-order valence-electron chi connectivity index (χ3n) is 3.12. The Balaban J connectivity index is 2.82. The van der Waals surface area contributed by atoms with Gasteiger partial charge in [-0.3, -0.25) is 10.2 Å². The zero-order valence-electron chi connectivity index (χ0n) is 11.3. The van der Waals surface area contributed by atoms with E-state index in [1.807, 2.05) is 32.9 Å². The van der Waals surface area contributed by atoms with Crippen molar-refractivity contribution in [3.63, 3.8) is 0 Å². The number of fused-ring (bicyclic) bond motifs is 1. The maximum Gasteiger partial charge on any atom is 0.162 e. The summed E-state index contributed by atoms with van der Waals surface area (Å²) in [4.78, 5) is 4.51. The first kappa shape index (κ1) is 12.7. The van der Waals surface area contributed by atoms with E-state index in [4.69, 9.17) is 9.47 Å². The molecule has 0 saturated heterocycles. The van der Waals surface area contributed by atoms with Gasteiger partial charge in [0.2, 0.25) is 0 Å². The molecule has 0 aromatic heterocycles. The van der Waals surface area contributed by atoms with Crippen molar-refractivity contribution in [2.45, 2.75) is 26.4 Å². The maximum absolute atomic E-state index is 10.1. The minimum absolute atomic E-state index is 0.624. The Kier molecular flexibility index (Phi) is 2.94. The van der Waals surface area contributed by atoms with Crippen LogP contribution in [0.15, 0.2) is 17.1 Å². The summed E-state index contributed by atoms with van der Waals surface area (Å²) in [6, 6.07) is 3.65. The van der Waals surface area contributed by atoms with Gasteiger partial charge in [-0.25, -0.2) is 5.06 Å². The highest BCUT2D eigenvalue weighted by Crippen LogP contribution is 2.25. The van der Waals surface area contributed by atoms with E-state index in [2.05, 4.69) is 4.99 Å². The predicted molar refractivity (Wildman–Crippen MR) is 67.1 cm³/mol. The van der Waals surface area contributed by atoms with Crippen LogP contribution in [-0.2, 0) is 0 Å². The Morgan fingerprint density at radius 2 is 1.72 bits per heavy atom. The van der Waals surface area contributed by atoms with Crippen molar-refractivity contribution >= 4 is 5.70 Å².